The van der Waals surface area contributed by atoms with Gasteiger partial charge < -0.3 is 11.1 Å². The average Bonchev–Trinajstić information content (AvgIpc) is 2.75. The molecular weight excluding hydrogens is 292 g/mol. The van der Waals surface area contributed by atoms with Crippen LogP contribution in [0.15, 0.2) is 29.2 Å². The molecule has 7 nitrogen and oxygen atoms in total. The fourth-order valence-electron chi connectivity index (χ4n) is 1.86. The number of amides is 1. The van der Waals surface area contributed by atoms with E-state index in [4.69, 9.17) is 5.73 Å². The monoisotopic (exact) mass is 308 g/mol. The van der Waals surface area contributed by atoms with Crippen LogP contribution in [-0.4, -0.2) is 30.8 Å². The summed E-state index contributed by atoms with van der Waals surface area (Å²) >= 11 is 0. The Bertz CT molecular complexity index is 744. The third kappa shape index (κ3) is 3.40. The number of anilines is 1. The summed E-state index contributed by atoms with van der Waals surface area (Å²) in [6.45, 7) is 1.98. The zero-order valence-corrected chi connectivity index (χ0v) is 12.5. The molecule has 1 aromatic carbocycles. The molecule has 8 heteroatoms. The van der Waals surface area contributed by atoms with Crippen molar-refractivity contribution in [3.8, 4) is 0 Å². The maximum absolute atomic E-state index is 12.0. The molecule has 112 valence electrons. The Balaban J connectivity index is 2.05. The largest absolute Gasteiger partial charge is 0.382 e. The molecule has 0 saturated heterocycles. The Morgan fingerprint density at radius 2 is 1.95 bits per heavy atom. The number of hydrogen-bond acceptors (Lipinski definition) is 5. The minimum atomic E-state index is -3.21. The van der Waals surface area contributed by atoms with Gasteiger partial charge in [0.25, 0.3) is 5.91 Å². The fourth-order valence-corrected chi connectivity index (χ4v) is 2.49. The van der Waals surface area contributed by atoms with Gasteiger partial charge in [-0.3, -0.25) is 9.89 Å². The predicted octanol–water partition coefficient (Wildman–Crippen LogP) is 0.634. The molecule has 0 fully saturated rings. The van der Waals surface area contributed by atoms with Crippen molar-refractivity contribution in [3.05, 3.63) is 41.1 Å². The molecule has 0 saturated carbocycles. The van der Waals surface area contributed by atoms with Crippen LogP contribution in [0.2, 0.25) is 0 Å². The summed E-state index contributed by atoms with van der Waals surface area (Å²) in [6.07, 6.45) is 1.15. The van der Waals surface area contributed by atoms with E-state index in [1.165, 1.54) is 12.1 Å². The zero-order valence-electron chi connectivity index (χ0n) is 11.7. The molecule has 0 spiro atoms. The lowest BCUT2D eigenvalue weighted by atomic mass is 10.2. The Morgan fingerprint density at radius 1 is 1.33 bits per heavy atom. The molecule has 0 unspecified atom stereocenters. The number of aromatic amines is 1. The Kier molecular flexibility index (Phi) is 3.99. The summed E-state index contributed by atoms with van der Waals surface area (Å²) in [4.78, 5) is 12.2. The van der Waals surface area contributed by atoms with Crippen molar-refractivity contribution in [3.63, 3.8) is 0 Å². The molecular formula is C13H16N4O3S. The Hall–Kier alpha value is -2.35. The van der Waals surface area contributed by atoms with Crippen molar-refractivity contribution in [2.24, 2.45) is 0 Å². The molecule has 2 aromatic rings. The number of aromatic nitrogens is 2. The fraction of sp³-hybridized carbons (Fsp3) is 0.231. The molecule has 0 bridgehead atoms. The standard InChI is InChI=1S/C13H16N4O3S/c1-8-11(12(14)17-16-8)13(18)15-7-9-3-5-10(6-4-9)21(2,19)20/h3-6H,7H2,1-2H3,(H,15,18)(H3,14,16,17). The molecule has 4 N–H and O–H groups in total. The smallest absolute Gasteiger partial charge is 0.257 e. The average molecular weight is 308 g/mol. The van der Waals surface area contributed by atoms with Gasteiger partial charge in [-0.2, -0.15) is 5.10 Å². The van der Waals surface area contributed by atoms with E-state index >= 15 is 0 Å². The highest BCUT2D eigenvalue weighted by molar-refractivity contribution is 7.90. The van der Waals surface area contributed by atoms with Gasteiger partial charge in [-0.15, -0.1) is 0 Å². The number of nitrogens with zero attached hydrogens (tertiary/aromatic N) is 1. The van der Waals surface area contributed by atoms with Gasteiger partial charge in [-0.05, 0) is 24.6 Å². The van der Waals surface area contributed by atoms with Gasteiger partial charge in [0.2, 0.25) is 0 Å². The summed E-state index contributed by atoms with van der Waals surface area (Å²) in [5.74, 6) is -0.177. The van der Waals surface area contributed by atoms with E-state index in [1.807, 2.05) is 0 Å². The molecule has 0 aliphatic rings. The number of aryl methyl sites for hydroxylation is 1. The van der Waals surface area contributed by atoms with Gasteiger partial charge >= 0.3 is 0 Å². The van der Waals surface area contributed by atoms with Crippen LogP contribution in [0.25, 0.3) is 0 Å². The van der Waals surface area contributed by atoms with Gasteiger partial charge in [0, 0.05) is 18.5 Å². The summed E-state index contributed by atoms with van der Waals surface area (Å²) in [5, 5.41) is 9.11. The summed E-state index contributed by atoms with van der Waals surface area (Å²) in [5.41, 5.74) is 7.31. The maximum Gasteiger partial charge on any atom is 0.257 e. The molecule has 1 heterocycles. The van der Waals surface area contributed by atoms with Crippen molar-refractivity contribution >= 4 is 21.6 Å². The minimum absolute atomic E-state index is 0.150. The molecule has 0 aliphatic heterocycles. The lowest BCUT2D eigenvalue weighted by Gasteiger charge is -2.06. The zero-order chi connectivity index (χ0) is 15.6. The second-order valence-corrected chi connectivity index (χ2v) is 6.72. The van der Waals surface area contributed by atoms with Crippen molar-refractivity contribution < 1.29 is 13.2 Å². The van der Waals surface area contributed by atoms with E-state index in [2.05, 4.69) is 15.5 Å². The van der Waals surface area contributed by atoms with Gasteiger partial charge in [0.05, 0.1) is 4.90 Å². The molecule has 2 rings (SSSR count). The first kappa shape index (κ1) is 15.0. The van der Waals surface area contributed by atoms with E-state index in [9.17, 15) is 13.2 Å². The van der Waals surface area contributed by atoms with E-state index in [0.29, 0.717) is 11.3 Å². The summed E-state index contributed by atoms with van der Waals surface area (Å²) in [7, 11) is -3.21. The number of hydrogen-bond donors (Lipinski definition) is 3. The number of rotatable bonds is 4. The van der Waals surface area contributed by atoms with Crippen molar-refractivity contribution in [1.29, 1.82) is 0 Å². The van der Waals surface area contributed by atoms with Crippen LogP contribution in [0.4, 0.5) is 5.82 Å². The number of benzene rings is 1. The lowest BCUT2D eigenvalue weighted by Crippen LogP contribution is -2.24. The first-order chi connectivity index (χ1) is 9.79. The van der Waals surface area contributed by atoms with Crippen LogP contribution in [0.1, 0.15) is 21.6 Å². The third-order valence-electron chi connectivity index (χ3n) is 3.01. The number of carbonyl (C=O) groups is 1. The van der Waals surface area contributed by atoms with Gasteiger partial charge in [-0.25, -0.2) is 8.42 Å². The summed E-state index contributed by atoms with van der Waals surface area (Å²) in [6, 6.07) is 6.33. The number of H-pyrrole nitrogens is 1. The SMILES string of the molecule is Cc1[nH]nc(N)c1C(=O)NCc1ccc(S(C)(=O)=O)cc1. The third-order valence-corrected chi connectivity index (χ3v) is 4.14. The highest BCUT2D eigenvalue weighted by Gasteiger charge is 2.15. The van der Waals surface area contributed by atoms with E-state index in [-0.39, 0.29) is 23.2 Å². The normalized spacial score (nSPS) is 11.3. The predicted molar refractivity (Wildman–Crippen MR) is 78.5 cm³/mol. The Morgan fingerprint density at radius 3 is 2.43 bits per heavy atom. The lowest BCUT2D eigenvalue weighted by molar-refractivity contribution is 0.0951. The van der Waals surface area contributed by atoms with Gasteiger partial charge in [0.15, 0.2) is 15.7 Å². The number of nitrogen functional groups attached to an aromatic ring is 1. The van der Waals surface area contributed by atoms with Crippen LogP contribution >= 0.6 is 0 Å². The van der Waals surface area contributed by atoms with Gasteiger partial charge in [-0.1, -0.05) is 12.1 Å². The van der Waals surface area contributed by atoms with E-state index in [1.54, 1.807) is 19.1 Å². The Labute approximate surface area is 122 Å². The van der Waals surface area contributed by atoms with E-state index in [0.717, 1.165) is 11.8 Å². The van der Waals surface area contributed by atoms with E-state index < -0.39 is 9.84 Å². The quantitative estimate of drug-likeness (QED) is 0.765. The maximum atomic E-state index is 12.0. The highest BCUT2D eigenvalue weighted by Crippen LogP contribution is 2.13. The topological polar surface area (TPSA) is 118 Å². The second-order valence-electron chi connectivity index (χ2n) is 4.71. The van der Waals surface area contributed by atoms with Crippen molar-refractivity contribution in [2.75, 3.05) is 12.0 Å². The number of nitrogens with two attached hydrogens (primary N) is 1. The first-order valence-corrected chi connectivity index (χ1v) is 8.06. The number of carbonyl (C=O) groups excluding carboxylic acids is 1. The first-order valence-electron chi connectivity index (χ1n) is 6.16. The molecule has 0 radical (unpaired) electrons. The van der Waals surface area contributed by atoms with Crippen LogP contribution in [0.5, 0.6) is 0 Å². The summed E-state index contributed by atoms with van der Waals surface area (Å²) < 4.78 is 22.7. The van der Waals surface area contributed by atoms with Crippen molar-refractivity contribution in [2.45, 2.75) is 18.4 Å². The molecule has 21 heavy (non-hydrogen) atoms. The highest BCUT2D eigenvalue weighted by atomic mass is 32.2. The van der Waals surface area contributed by atoms with Crippen LogP contribution in [0.3, 0.4) is 0 Å². The molecule has 1 amide bonds. The van der Waals surface area contributed by atoms with Gasteiger partial charge in [0.1, 0.15) is 5.56 Å². The molecule has 0 atom stereocenters. The molecule has 1 aromatic heterocycles. The molecule has 0 aliphatic carbocycles. The van der Waals surface area contributed by atoms with Crippen LogP contribution in [-0.2, 0) is 16.4 Å². The van der Waals surface area contributed by atoms with Crippen LogP contribution in [0, 0.1) is 6.92 Å². The second kappa shape index (κ2) is 5.57. The van der Waals surface area contributed by atoms with Crippen LogP contribution < -0.4 is 11.1 Å². The number of nitrogens with one attached hydrogen (secondary N) is 2. The minimum Gasteiger partial charge on any atom is -0.382 e. The van der Waals surface area contributed by atoms with Crippen molar-refractivity contribution in [1.82, 2.24) is 15.5 Å². The number of sulfone groups is 1.